The van der Waals surface area contributed by atoms with Gasteiger partial charge in [0.2, 0.25) is 0 Å². The van der Waals surface area contributed by atoms with Crippen LogP contribution in [0.15, 0.2) is 0 Å². The molecule has 0 spiro atoms. The van der Waals surface area contributed by atoms with Gasteiger partial charge >= 0.3 is 0 Å². The Labute approximate surface area is 80.7 Å². The third kappa shape index (κ3) is 1.91. The van der Waals surface area contributed by atoms with Crippen molar-refractivity contribution in [1.82, 2.24) is 4.98 Å². The second-order valence-electron chi connectivity index (χ2n) is 1.74. The van der Waals surface area contributed by atoms with E-state index in [4.69, 9.17) is 17.3 Å². The molecule has 0 fully saturated rings. The van der Waals surface area contributed by atoms with Crippen LogP contribution in [0.25, 0.3) is 0 Å². The lowest BCUT2D eigenvalue weighted by molar-refractivity contribution is 0.100. The summed E-state index contributed by atoms with van der Waals surface area (Å²) >= 11 is 9.83. The molecule has 2 N–H and O–H groups in total. The smallest absolute Gasteiger partial charge is 0.260 e. The molecule has 3 nitrogen and oxygen atoms in total. The molecule has 0 bridgehead atoms. The van der Waals surface area contributed by atoms with Crippen molar-refractivity contribution in [3.63, 3.8) is 0 Å². The fourth-order valence-corrected chi connectivity index (χ4v) is 2.19. The van der Waals surface area contributed by atoms with Gasteiger partial charge in [-0.2, -0.15) is 0 Å². The summed E-state index contributed by atoms with van der Waals surface area (Å²) < 4.78 is 0.341. The van der Waals surface area contributed by atoms with Gasteiger partial charge in [0.1, 0.15) is 4.88 Å². The predicted octanol–water partition coefficient (Wildman–Crippen LogP) is 1.79. The first kappa shape index (κ1) is 8.96. The Morgan fingerprint density at radius 2 is 2.45 bits per heavy atom. The highest BCUT2D eigenvalue weighted by Crippen LogP contribution is 2.23. The number of hydrogen-bond donors (Lipinski definition) is 1. The molecule has 1 heterocycles. The number of alkyl halides is 1. The van der Waals surface area contributed by atoms with Crippen LogP contribution in [0.4, 0.5) is 0 Å². The first-order valence-electron chi connectivity index (χ1n) is 2.66. The highest BCUT2D eigenvalue weighted by atomic mass is 79.9. The van der Waals surface area contributed by atoms with Crippen LogP contribution in [0.2, 0.25) is 4.47 Å². The Morgan fingerprint density at radius 1 is 1.82 bits per heavy atom. The lowest BCUT2D eigenvalue weighted by Gasteiger charge is -1.89. The maximum atomic E-state index is 10.7. The molecule has 0 aromatic carbocycles. The third-order valence-corrected chi connectivity index (χ3v) is 2.77. The minimum absolute atomic E-state index is 0.341. The van der Waals surface area contributed by atoms with Crippen molar-refractivity contribution in [1.29, 1.82) is 0 Å². The number of halogens is 2. The van der Waals surface area contributed by atoms with Gasteiger partial charge in [-0.15, -0.1) is 0 Å². The molecule has 1 aromatic heterocycles. The number of rotatable bonds is 2. The number of amides is 1. The molecule has 1 amide bonds. The van der Waals surface area contributed by atoms with Gasteiger partial charge in [-0.3, -0.25) is 4.79 Å². The molecule has 6 heteroatoms. The van der Waals surface area contributed by atoms with Crippen LogP contribution in [-0.4, -0.2) is 10.9 Å². The van der Waals surface area contributed by atoms with Crippen molar-refractivity contribution < 1.29 is 4.79 Å². The zero-order chi connectivity index (χ0) is 8.43. The second-order valence-corrected chi connectivity index (χ2v) is 3.88. The summed E-state index contributed by atoms with van der Waals surface area (Å²) in [6.07, 6.45) is 0. The van der Waals surface area contributed by atoms with Crippen LogP contribution in [0.5, 0.6) is 0 Å². The molecule has 0 aliphatic carbocycles. The van der Waals surface area contributed by atoms with E-state index in [-0.39, 0.29) is 0 Å². The quantitative estimate of drug-likeness (QED) is 0.819. The standard InChI is InChI=1S/C5H4BrClN2OS/c6-1-2-3(4(8)10)11-5(7)9-2/h1H2,(H2,8,10). The topological polar surface area (TPSA) is 56.0 Å². The van der Waals surface area contributed by atoms with Gasteiger partial charge in [0.05, 0.1) is 5.69 Å². The number of carbonyl (C=O) groups excluding carboxylic acids is 1. The fraction of sp³-hybridized carbons (Fsp3) is 0.200. The third-order valence-electron chi connectivity index (χ3n) is 1.02. The summed E-state index contributed by atoms with van der Waals surface area (Å²) in [5.74, 6) is -0.483. The first-order chi connectivity index (χ1) is 5.15. The number of nitrogens with zero attached hydrogens (tertiary/aromatic N) is 1. The molecule has 1 rings (SSSR count). The van der Waals surface area contributed by atoms with Crippen molar-refractivity contribution in [2.75, 3.05) is 0 Å². The lowest BCUT2D eigenvalue weighted by Crippen LogP contribution is -2.10. The normalized spacial score (nSPS) is 10.0. The van der Waals surface area contributed by atoms with Crippen LogP contribution in [0.1, 0.15) is 15.4 Å². The molecule has 0 saturated carbocycles. The van der Waals surface area contributed by atoms with Crippen LogP contribution in [0, 0.1) is 0 Å². The molecule has 60 valence electrons. The largest absolute Gasteiger partial charge is 0.365 e. The highest BCUT2D eigenvalue weighted by molar-refractivity contribution is 9.08. The number of thiazole rings is 1. The SMILES string of the molecule is NC(=O)c1sc(Cl)nc1CBr. The number of nitrogens with two attached hydrogens (primary N) is 1. The van der Waals surface area contributed by atoms with Gasteiger partial charge in [0.15, 0.2) is 4.47 Å². The summed E-state index contributed by atoms with van der Waals surface area (Å²) in [6.45, 7) is 0. The molecule has 0 saturated heterocycles. The van der Waals surface area contributed by atoms with Crippen molar-refractivity contribution in [2.24, 2.45) is 5.73 Å². The maximum Gasteiger partial charge on any atom is 0.260 e. The maximum absolute atomic E-state index is 10.7. The Bertz CT molecular complexity index is 288. The number of carbonyl (C=O) groups is 1. The average Bonchev–Trinajstić information content (AvgIpc) is 2.30. The van der Waals surface area contributed by atoms with Crippen molar-refractivity contribution in [2.45, 2.75) is 5.33 Å². The van der Waals surface area contributed by atoms with E-state index in [2.05, 4.69) is 20.9 Å². The number of hydrogen-bond acceptors (Lipinski definition) is 3. The zero-order valence-electron chi connectivity index (χ0n) is 5.30. The van der Waals surface area contributed by atoms with Crippen LogP contribution >= 0.6 is 38.9 Å². The lowest BCUT2D eigenvalue weighted by atomic mass is 10.4. The Kier molecular flexibility index (Phi) is 2.86. The summed E-state index contributed by atoms with van der Waals surface area (Å²) in [7, 11) is 0. The van der Waals surface area contributed by atoms with E-state index in [0.717, 1.165) is 11.3 Å². The number of aromatic nitrogens is 1. The minimum Gasteiger partial charge on any atom is -0.365 e. The van der Waals surface area contributed by atoms with E-state index in [1.165, 1.54) is 0 Å². The molecule has 0 atom stereocenters. The molecule has 0 unspecified atom stereocenters. The Morgan fingerprint density at radius 3 is 2.82 bits per heavy atom. The minimum atomic E-state index is -0.483. The Balaban J connectivity index is 3.12. The molecule has 0 aliphatic heterocycles. The predicted molar refractivity (Wildman–Crippen MR) is 48.3 cm³/mol. The molecule has 0 aliphatic rings. The van der Waals surface area contributed by atoms with Crippen molar-refractivity contribution >= 4 is 44.8 Å². The van der Waals surface area contributed by atoms with E-state index in [1.807, 2.05) is 0 Å². The molecular formula is C5H4BrClN2OS. The summed E-state index contributed by atoms with van der Waals surface area (Å²) in [6, 6.07) is 0. The van der Waals surface area contributed by atoms with Crippen molar-refractivity contribution in [3.05, 3.63) is 15.0 Å². The summed E-state index contributed by atoms with van der Waals surface area (Å²) in [4.78, 5) is 15.0. The monoisotopic (exact) mass is 254 g/mol. The van der Waals surface area contributed by atoms with E-state index < -0.39 is 5.91 Å². The summed E-state index contributed by atoms with van der Waals surface area (Å²) in [5.41, 5.74) is 5.66. The zero-order valence-corrected chi connectivity index (χ0v) is 8.46. The second kappa shape index (κ2) is 3.51. The summed E-state index contributed by atoms with van der Waals surface area (Å²) in [5, 5.41) is 0.495. The average molecular weight is 256 g/mol. The van der Waals surface area contributed by atoms with Crippen LogP contribution < -0.4 is 5.73 Å². The van der Waals surface area contributed by atoms with E-state index in [0.29, 0.717) is 20.4 Å². The number of primary amides is 1. The van der Waals surface area contributed by atoms with Gasteiger partial charge in [0, 0.05) is 5.33 Å². The Hall–Kier alpha value is -0.130. The van der Waals surface area contributed by atoms with E-state index in [1.54, 1.807) is 0 Å². The highest BCUT2D eigenvalue weighted by Gasteiger charge is 2.12. The van der Waals surface area contributed by atoms with Gasteiger partial charge < -0.3 is 5.73 Å². The van der Waals surface area contributed by atoms with Crippen LogP contribution in [0.3, 0.4) is 0 Å². The molecular weight excluding hydrogens is 251 g/mol. The van der Waals surface area contributed by atoms with Gasteiger partial charge in [0.25, 0.3) is 5.91 Å². The van der Waals surface area contributed by atoms with Crippen molar-refractivity contribution in [3.8, 4) is 0 Å². The van der Waals surface area contributed by atoms with Gasteiger partial charge in [-0.25, -0.2) is 4.98 Å². The van der Waals surface area contributed by atoms with E-state index in [9.17, 15) is 4.79 Å². The van der Waals surface area contributed by atoms with E-state index >= 15 is 0 Å². The fourth-order valence-electron chi connectivity index (χ4n) is 0.606. The molecule has 1 aromatic rings. The molecule has 0 radical (unpaired) electrons. The van der Waals surface area contributed by atoms with Gasteiger partial charge in [-0.05, 0) is 0 Å². The van der Waals surface area contributed by atoms with Gasteiger partial charge in [-0.1, -0.05) is 38.9 Å². The first-order valence-corrected chi connectivity index (χ1v) is 4.97. The molecule has 11 heavy (non-hydrogen) atoms. The van der Waals surface area contributed by atoms with Crippen LogP contribution in [-0.2, 0) is 5.33 Å².